The number of imidazole rings is 1. The van der Waals surface area contributed by atoms with E-state index in [0.29, 0.717) is 5.69 Å². The molecule has 0 aliphatic rings. The molecule has 1 aromatic heterocycles. The molecule has 0 saturated carbocycles. The highest BCUT2D eigenvalue weighted by atomic mass is 16.7. The van der Waals surface area contributed by atoms with Crippen LogP contribution in [0.4, 0.5) is 0 Å². The Morgan fingerprint density at radius 3 is 2.82 bits per heavy atom. The van der Waals surface area contributed by atoms with Crippen LogP contribution in [0.5, 0.6) is 0 Å². The highest BCUT2D eigenvalue weighted by Gasteiger charge is 2.10. The molecular weight excluding hydrogens is 218 g/mol. The summed E-state index contributed by atoms with van der Waals surface area (Å²) in [5.41, 5.74) is 1.22. The van der Waals surface area contributed by atoms with Crippen molar-refractivity contribution < 1.29 is 9.63 Å². The van der Waals surface area contributed by atoms with Crippen molar-refractivity contribution in [3.63, 3.8) is 0 Å². The maximum absolute atomic E-state index is 11.5. The molecule has 0 saturated heterocycles. The molecule has 0 bridgehead atoms. The van der Waals surface area contributed by atoms with Gasteiger partial charge in [0.15, 0.2) is 0 Å². The average Bonchev–Trinajstić information content (AvgIpc) is 2.77. The number of oxime groups is 1. The molecular formula is C12H11N3O2. The van der Waals surface area contributed by atoms with Gasteiger partial charge in [-0.2, -0.15) is 0 Å². The number of nitrogens with zero attached hydrogens (tertiary/aromatic N) is 3. The molecule has 17 heavy (non-hydrogen) atoms. The summed E-state index contributed by atoms with van der Waals surface area (Å²) in [6.07, 6.45) is 4.44. The van der Waals surface area contributed by atoms with E-state index in [1.54, 1.807) is 11.6 Å². The molecule has 0 aliphatic carbocycles. The Labute approximate surface area is 98.3 Å². The van der Waals surface area contributed by atoms with Gasteiger partial charge in [-0.05, 0) is 5.56 Å². The summed E-state index contributed by atoms with van der Waals surface area (Å²) in [6.45, 7) is 0. The number of carbonyl (C=O) groups is 1. The molecule has 2 rings (SSSR count). The lowest BCUT2D eigenvalue weighted by Gasteiger charge is -1.97. The van der Waals surface area contributed by atoms with Crippen molar-refractivity contribution in [2.75, 3.05) is 0 Å². The summed E-state index contributed by atoms with van der Waals surface area (Å²) in [6, 6.07) is 9.39. The van der Waals surface area contributed by atoms with Crippen LogP contribution in [0, 0.1) is 0 Å². The first kappa shape index (κ1) is 11.1. The zero-order valence-corrected chi connectivity index (χ0v) is 9.28. The minimum absolute atomic E-state index is 0.357. The molecule has 0 atom stereocenters. The van der Waals surface area contributed by atoms with E-state index in [4.69, 9.17) is 4.84 Å². The van der Waals surface area contributed by atoms with Gasteiger partial charge in [-0.15, -0.1) is 0 Å². The van der Waals surface area contributed by atoms with Gasteiger partial charge in [0, 0.05) is 7.05 Å². The van der Waals surface area contributed by atoms with Crippen molar-refractivity contribution in [1.29, 1.82) is 0 Å². The topological polar surface area (TPSA) is 56.5 Å². The quantitative estimate of drug-likeness (QED) is 0.456. The Kier molecular flexibility index (Phi) is 3.30. The molecule has 1 aromatic carbocycles. The number of aryl methyl sites for hydroxylation is 1. The Balaban J connectivity index is 1.98. The maximum atomic E-state index is 11.5. The SMILES string of the molecule is Cn1cncc1C(=O)ON=Cc1ccccc1. The predicted molar refractivity (Wildman–Crippen MR) is 62.7 cm³/mol. The molecule has 0 unspecified atom stereocenters. The van der Waals surface area contributed by atoms with Gasteiger partial charge in [-0.25, -0.2) is 9.78 Å². The summed E-state index contributed by atoms with van der Waals surface area (Å²) < 4.78 is 1.57. The smallest absolute Gasteiger partial charge is 0.328 e. The van der Waals surface area contributed by atoms with E-state index in [2.05, 4.69) is 10.1 Å². The van der Waals surface area contributed by atoms with Crippen LogP contribution >= 0.6 is 0 Å². The van der Waals surface area contributed by atoms with E-state index in [1.807, 2.05) is 30.3 Å². The number of hydrogen-bond acceptors (Lipinski definition) is 4. The third-order valence-corrected chi connectivity index (χ3v) is 2.16. The van der Waals surface area contributed by atoms with Gasteiger partial charge in [0.1, 0.15) is 5.69 Å². The van der Waals surface area contributed by atoms with Gasteiger partial charge < -0.3 is 9.40 Å². The summed E-state index contributed by atoms with van der Waals surface area (Å²) in [7, 11) is 1.71. The van der Waals surface area contributed by atoms with Crippen LogP contribution in [0.15, 0.2) is 48.0 Å². The Bertz CT molecular complexity index is 532. The lowest BCUT2D eigenvalue weighted by molar-refractivity contribution is 0.0508. The van der Waals surface area contributed by atoms with Crippen LogP contribution in [0.3, 0.4) is 0 Å². The van der Waals surface area contributed by atoms with Crippen molar-refractivity contribution in [2.24, 2.45) is 12.2 Å². The van der Waals surface area contributed by atoms with Crippen molar-refractivity contribution in [2.45, 2.75) is 0 Å². The summed E-state index contributed by atoms with van der Waals surface area (Å²) >= 11 is 0. The molecule has 0 radical (unpaired) electrons. The van der Waals surface area contributed by atoms with Gasteiger partial charge in [0.25, 0.3) is 0 Å². The molecule has 0 fully saturated rings. The molecule has 0 amide bonds. The van der Waals surface area contributed by atoms with Gasteiger partial charge in [-0.1, -0.05) is 35.5 Å². The van der Waals surface area contributed by atoms with Crippen LogP contribution < -0.4 is 0 Å². The minimum atomic E-state index is -0.530. The van der Waals surface area contributed by atoms with Gasteiger partial charge >= 0.3 is 5.97 Å². The number of aromatic nitrogens is 2. The molecule has 1 heterocycles. The number of hydrogen-bond donors (Lipinski definition) is 0. The second kappa shape index (κ2) is 5.07. The van der Waals surface area contributed by atoms with Crippen LogP contribution in [-0.4, -0.2) is 21.7 Å². The Morgan fingerprint density at radius 2 is 2.18 bits per heavy atom. The fourth-order valence-corrected chi connectivity index (χ4v) is 1.27. The van der Waals surface area contributed by atoms with E-state index >= 15 is 0 Å². The standard InChI is InChI=1S/C12H11N3O2/c1-15-9-13-8-11(15)12(16)17-14-7-10-5-3-2-4-6-10/h2-9H,1H3. The Morgan fingerprint density at radius 1 is 1.41 bits per heavy atom. The van der Waals surface area contributed by atoms with E-state index in [0.717, 1.165) is 5.56 Å². The zero-order valence-electron chi connectivity index (χ0n) is 9.28. The van der Waals surface area contributed by atoms with Crippen molar-refractivity contribution in [3.8, 4) is 0 Å². The van der Waals surface area contributed by atoms with E-state index in [9.17, 15) is 4.79 Å². The van der Waals surface area contributed by atoms with Gasteiger partial charge in [0.2, 0.25) is 0 Å². The van der Waals surface area contributed by atoms with Crippen LogP contribution in [0.25, 0.3) is 0 Å². The number of benzene rings is 1. The monoisotopic (exact) mass is 229 g/mol. The summed E-state index contributed by atoms with van der Waals surface area (Å²) in [5.74, 6) is -0.530. The highest BCUT2D eigenvalue weighted by Crippen LogP contribution is 2.00. The summed E-state index contributed by atoms with van der Waals surface area (Å²) in [4.78, 5) is 20.1. The Hall–Kier alpha value is -2.43. The number of rotatable bonds is 3. The van der Waals surface area contributed by atoms with Crippen molar-refractivity contribution >= 4 is 12.2 Å². The average molecular weight is 229 g/mol. The zero-order chi connectivity index (χ0) is 12.1. The van der Waals surface area contributed by atoms with Gasteiger partial charge in [0.05, 0.1) is 18.7 Å². The molecule has 0 aliphatic heterocycles. The number of carbonyl (C=O) groups excluding carboxylic acids is 1. The molecule has 5 heteroatoms. The predicted octanol–water partition coefficient (Wildman–Crippen LogP) is 1.61. The van der Waals surface area contributed by atoms with E-state index in [1.165, 1.54) is 18.7 Å². The third-order valence-electron chi connectivity index (χ3n) is 2.16. The largest absolute Gasteiger partial charge is 0.383 e. The molecule has 86 valence electrons. The second-order valence-electron chi connectivity index (χ2n) is 3.41. The fourth-order valence-electron chi connectivity index (χ4n) is 1.27. The molecule has 0 spiro atoms. The van der Waals surface area contributed by atoms with Crippen molar-refractivity contribution in [3.05, 3.63) is 54.1 Å². The highest BCUT2D eigenvalue weighted by molar-refractivity contribution is 5.88. The first-order chi connectivity index (χ1) is 8.27. The fraction of sp³-hybridized carbons (Fsp3) is 0.0833. The van der Waals surface area contributed by atoms with E-state index < -0.39 is 5.97 Å². The normalized spacial score (nSPS) is 10.6. The third kappa shape index (κ3) is 2.78. The van der Waals surface area contributed by atoms with E-state index in [-0.39, 0.29) is 0 Å². The second-order valence-corrected chi connectivity index (χ2v) is 3.41. The molecule has 2 aromatic rings. The first-order valence-corrected chi connectivity index (χ1v) is 5.03. The van der Waals surface area contributed by atoms with Gasteiger partial charge in [-0.3, -0.25) is 0 Å². The minimum Gasteiger partial charge on any atom is -0.328 e. The van der Waals surface area contributed by atoms with Crippen LogP contribution in [-0.2, 0) is 11.9 Å². The maximum Gasteiger partial charge on any atom is 0.383 e. The lowest BCUT2D eigenvalue weighted by Crippen LogP contribution is -2.06. The molecule has 5 nitrogen and oxygen atoms in total. The molecule has 0 N–H and O–H groups in total. The lowest BCUT2D eigenvalue weighted by atomic mass is 10.2. The van der Waals surface area contributed by atoms with Crippen LogP contribution in [0.1, 0.15) is 16.1 Å². The summed E-state index contributed by atoms with van der Waals surface area (Å²) in [5, 5.41) is 3.62. The first-order valence-electron chi connectivity index (χ1n) is 5.03. The van der Waals surface area contributed by atoms with Crippen LogP contribution in [0.2, 0.25) is 0 Å². The van der Waals surface area contributed by atoms with Crippen molar-refractivity contribution in [1.82, 2.24) is 9.55 Å².